The molecule has 1 aromatic carbocycles. The smallest absolute Gasteiger partial charge is 0.220 e. The van der Waals surface area contributed by atoms with Gasteiger partial charge in [-0.15, -0.1) is 0 Å². The van der Waals surface area contributed by atoms with E-state index in [2.05, 4.69) is 0 Å². The molecule has 0 fully saturated rings. The molecule has 5 nitrogen and oxygen atoms in total. The van der Waals surface area contributed by atoms with Crippen molar-refractivity contribution in [2.24, 2.45) is 11.5 Å². The van der Waals surface area contributed by atoms with Crippen LogP contribution in [-0.4, -0.2) is 19.1 Å². The van der Waals surface area contributed by atoms with Crippen LogP contribution >= 0.6 is 0 Å². The Morgan fingerprint density at radius 3 is 2.67 bits per heavy atom. The number of carbonyl (C=O) groups excluding carboxylic acids is 1. The van der Waals surface area contributed by atoms with Crippen LogP contribution in [0.5, 0.6) is 11.5 Å². The Hall–Kier alpha value is -1.75. The highest BCUT2D eigenvalue weighted by Crippen LogP contribution is 2.25. The molecule has 0 heterocycles. The molecule has 1 aromatic rings. The second kappa shape index (κ2) is 7.55. The van der Waals surface area contributed by atoms with Crippen LogP contribution < -0.4 is 20.9 Å². The number of primary amides is 1. The fourth-order valence-corrected chi connectivity index (χ4v) is 1.41. The molecule has 0 aromatic heterocycles. The number of ether oxygens (including phenoxy) is 2. The van der Waals surface area contributed by atoms with Gasteiger partial charge in [-0.3, -0.25) is 4.79 Å². The molecule has 0 unspecified atom stereocenters. The van der Waals surface area contributed by atoms with Crippen molar-refractivity contribution in [2.45, 2.75) is 26.3 Å². The predicted molar refractivity (Wildman–Crippen MR) is 69.4 cm³/mol. The number of rotatable bonds is 8. The van der Waals surface area contributed by atoms with E-state index >= 15 is 0 Å². The Balaban J connectivity index is 2.68. The largest absolute Gasteiger partial charge is 0.493 e. The molecule has 5 heteroatoms. The summed E-state index contributed by atoms with van der Waals surface area (Å²) in [5.74, 6) is 0.998. The van der Waals surface area contributed by atoms with Crippen molar-refractivity contribution in [3.63, 3.8) is 0 Å². The number of carbonyl (C=O) groups is 1. The molecule has 0 saturated heterocycles. The molecule has 0 aliphatic carbocycles. The van der Waals surface area contributed by atoms with Gasteiger partial charge < -0.3 is 20.9 Å². The van der Waals surface area contributed by atoms with Crippen LogP contribution in [0.1, 0.15) is 25.3 Å². The van der Waals surface area contributed by atoms with Gasteiger partial charge in [-0.25, -0.2) is 0 Å². The van der Waals surface area contributed by atoms with E-state index in [-0.39, 0.29) is 18.9 Å². The van der Waals surface area contributed by atoms with E-state index in [1.54, 1.807) is 6.07 Å². The first-order chi connectivity index (χ1) is 8.67. The van der Waals surface area contributed by atoms with Crippen LogP contribution in [0.25, 0.3) is 0 Å². The lowest BCUT2D eigenvalue weighted by Crippen LogP contribution is -2.15. The summed E-state index contributed by atoms with van der Waals surface area (Å²) in [6.45, 7) is 3.32. The van der Waals surface area contributed by atoms with Crippen LogP contribution in [0.3, 0.4) is 0 Å². The Labute approximate surface area is 107 Å². The maximum atomic E-state index is 10.6. The first-order valence-electron chi connectivity index (χ1n) is 6.04. The monoisotopic (exact) mass is 252 g/mol. The van der Waals surface area contributed by atoms with Gasteiger partial charge in [0, 0.05) is 18.2 Å². The average molecular weight is 252 g/mol. The third kappa shape index (κ3) is 4.63. The van der Waals surface area contributed by atoms with Crippen LogP contribution in [0.4, 0.5) is 0 Å². The maximum Gasteiger partial charge on any atom is 0.220 e. The van der Waals surface area contributed by atoms with Crippen molar-refractivity contribution in [3.05, 3.63) is 23.8 Å². The summed E-state index contributed by atoms with van der Waals surface area (Å²) in [6, 6.07) is 5.52. The third-order valence-electron chi connectivity index (χ3n) is 2.34. The van der Waals surface area contributed by atoms with Gasteiger partial charge in [-0.1, -0.05) is 13.0 Å². The molecule has 0 saturated carbocycles. The van der Waals surface area contributed by atoms with Crippen LogP contribution in [-0.2, 0) is 11.3 Å². The second-order valence-electron chi connectivity index (χ2n) is 3.89. The lowest BCUT2D eigenvalue weighted by molar-refractivity contribution is -0.118. The molecule has 0 radical (unpaired) electrons. The quantitative estimate of drug-likeness (QED) is 0.727. The normalized spacial score (nSPS) is 10.1. The second-order valence-corrected chi connectivity index (χ2v) is 3.89. The minimum absolute atomic E-state index is 0.185. The summed E-state index contributed by atoms with van der Waals surface area (Å²) < 4.78 is 11.0. The van der Waals surface area contributed by atoms with Gasteiger partial charge in [0.1, 0.15) is 11.5 Å². The molecule has 4 N–H and O–H groups in total. The highest BCUT2D eigenvalue weighted by molar-refractivity contribution is 5.73. The topological polar surface area (TPSA) is 87.6 Å². The molecule has 0 aliphatic heterocycles. The van der Waals surface area contributed by atoms with Gasteiger partial charge >= 0.3 is 0 Å². The molecule has 0 bridgehead atoms. The van der Waals surface area contributed by atoms with E-state index in [9.17, 15) is 4.79 Å². The van der Waals surface area contributed by atoms with E-state index in [4.69, 9.17) is 20.9 Å². The third-order valence-corrected chi connectivity index (χ3v) is 2.34. The van der Waals surface area contributed by atoms with Crippen molar-refractivity contribution in [1.29, 1.82) is 0 Å². The highest BCUT2D eigenvalue weighted by atomic mass is 16.5. The molecule has 18 heavy (non-hydrogen) atoms. The predicted octanol–water partition coefficient (Wildman–Crippen LogP) is 1.19. The number of hydrogen-bond acceptors (Lipinski definition) is 4. The van der Waals surface area contributed by atoms with Gasteiger partial charge in [0.25, 0.3) is 0 Å². The van der Waals surface area contributed by atoms with E-state index in [0.29, 0.717) is 18.9 Å². The summed E-state index contributed by atoms with van der Waals surface area (Å²) in [7, 11) is 0. The summed E-state index contributed by atoms with van der Waals surface area (Å²) in [4.78, 5) is 10.6. The highest BCUT2D eigenvalue weighted by Gasteiger charge is 2.05. The average Bonchev–Trinajstić information content (AvgIpc) is 2.36. The molecule has 0 spiro atoms. The fourth-order valence-electron chi connectivity index (χ4n) is 1.41. The Bertz CT molecular complexity index is 394. The van der Waals surface area contributed by atoms with Crippen molar-refractivity contribution in [1.82, 2.24) is 0 Å². The number of hydrogen-bond donors (Lipinski definition) is 2. The lowest BCUT2D eigenvalue weighted by atomic mass is 10.2. The summed E-state index contributed by atoms with van der Waals surface area (Å²) >= 11 is 0. The van der Waals surface area contributed by atoms with Gasteiger partial charge in [0.15, 0.2) is 0 Å². The molecule has 1 amide bonds. The zero-order valence-electron chi connectivity index (χ0n) is 10.6. The Morgan fingerprint density at radius 2 is 2.06 bits per heavy atom. The van der Waals surface area contributed by atoms with Gasteiger partial charge in [-0.05, 0) is 12.5 Å². The SMILES string of the molecule is CCCOc1ccc(CN)c(OCCC(N)=O)c1. The fraction of sp³-hybridized carbons (Fsp3) is 0.462. The van der Waals surface area contributed by atoms with Crippen LogP contribution in [0.15, 0.2) is 18.2 Å². The van der Waals surface area contributed by atoms with Crippen molar-refractivity contribution < 1.29 is 14.3 Å². The van der Waals surface area contributed by atoms with Crippen LogP contribution in [0, 0.1) is 0 Å². The van der Waals surface area contributed by atoms with Gasteiger partial charge in [0.2, 0.25) is 5.91 Å². The molecular formula is C13H20N2O3. The standard InChI is InChI=1S/C13H20N2O3/c1-2-6-17-11-4-3-10(9-14)12(8-11)18-7-5-13(15)16/h3-4,8H,2,5-7,9,14H2,1H3,(H2,15,16). The molecule has 0 atom stereocenters. The maximum absolute atomic E-state index is 10.6. The molecule has 100 valence electrons. The number of benzene rings is 1. The zero-order valence-corrected chi connectivity index (χ0v) is 10.6. The van der Waals surface area contributed by atoms with Crippen molar-refractivity contribution in [2.75, 3.05) is 13.2 Å². The Kier molecular flexibility index (Phi) is 6.00. The number of nitrogens with two attached hydrogens (primary N) is 2. The molecule has 1 rings (SSSR count). The van der Waals surface area contributed by atoms with E-state index < -0.39 is 0 Å². The zero-order chi connectivity index (χ0) is 13.4. The summed E-state index contributed by atoms with van der Waals surface area (Å²) in [5.41, 5.74) is 11.6. The lowest BCUT2D eigenvalue weighted by Gasteiger charge is -2.12. The summed E-state index contributed by atoms with van der Waals surface area (Å²) in [6.07, 6.45) is 1.13. The Morgan fingerprint density at radius 1 is 1.28 bits per heavy atom. The van der Waals surface area contributed by atoms with Crippen LogP contribution in [0.2, 0.25) is 0 Å². The minimum atomic E-state index is -0.386. The minimum Gasteiger partial charge on any atom is -0.493 e. The van der Waals surface area contributed by atoms with Gasteiger partial charge in [-0.2, -0.15) is 0 Å². The van der Waals surface area contributed by atoms with Gasteiger partial charge in [0.05, 0.1) is 19.6 Å². The van der Waals surface area contributed by atoms with E-state index in [1.165, 1.54) is 0 Å². The molecule has 0 aliphatic rings. The van der Waals surface area contributed by atoms with E-state index in [1.807, 2.05) is 19.1 Å². The van der Waals surface area contributed by atoms with E-state index in [0.717, 1.165) is 17.7 Å². The van der Waals surface area contributed by atoms with Crippen molar-refractivity contribution in [3.8, 4) is 11.5 Å². The number of amides is 1. The van der Waals surface area contributed by atoms with Crippen molar-refractivity contribution >= 4 is 5.91 Å². The first-order valence-corrected chi connectivity index (χ1v) is 6.04. The summed E-state index contributed by atoms with van der Waals surface area (Å²) in [5, 5.41) is 0. The first kappa shape index (κ1) is 14.3. The molecular weight excluding hydrogens is 232 g/mol.